The van der Waals surface area contributed by atoms with E-state index in [-0.39, 0.29) is 29.1 Å². The van der Waals surface area contributed by atoms with Gasteiger partial charge in [0.15, 0.2) is 0 Å². The first-order chi connectivity index (χ1) is 16.8. The van der Waals surface area contributed by atoms with Gasteiger partial charge in [-0.15, -0.1) is 0 Å². The fourth-order valence-electron chi connectivity index (χ4n) is 4.02. The molecule has 0 aliphatic carbocycles. The molecule has 35 heavy (non-hydrogen) atoms. The molecule has 4 aromatic rings. The number of pyridine rings is 1. The first-order valence-electron chi connectivity index (χ1n) is 10.8. The van der Waals surface area contributed by atoms with Gasteiger partial charge >= 0.3 is 6.18 Å². The van der Waals surface area contributed by atoms with Crippen LogP contribution in [0.1, 0.15) is 21.8 Å². The van der Waals surface area contributed by atoms with E-state index in [1.165, 1.54) is 17.9 Å². The Labute approximate surface area is 196 Å². The summed E-state index contributed by atoms with van der Waals surface area (Å²) in [5.41, 5.74) is -0.755. The number of rotatable bonds is 6. The third kappa shape index (κ3) is 4.66. The average Bonchev–Trinajstić information content (AvgIpc) is 3.44. The second-order valence-corrected chi connectivity index (χ2v) is 7.95. The zero-order valence-electron chi connectivity index (χ0n) is 18.6. The quantitative estimate of drug-likeness (QED) is 0.441. The molecule has 12 heteroatoms. The van der Waals surface area contributed by atoms with Gasteiger partial charge in [-0.05, 0) is 18.2 Å². The monoisotopic (exact) mass is 490 g/mol. The molecule has 1 N–H and O–H groups in total. The van der Waals surface area contributed by atoms with Crippen LogP contribution in [0.3, 0.4) is 0 Å². The van der Waals surface area contributed by atoms with Gasteiger partial charge in [-0.1, -0.05) is 6.07 Å². The number of fused-ring (bicyclic) bond motifs is 3. The van der Waals surface area contributed by atoms with Crippen LogP contribution in [0.25, 0.3) is 21.9 Å². The van der Waals surface area contributed by atoms with Gasteiger partial charge in [0.05, 0.1) is 51.1 Å². The van der Waals surface area contributed by atoms with Crippen LogP contribution < -0.4 is 10.1 Å². The van der Waals surface area contributed by atoms with Crippen LogP contribution >= 0.6 is 0 Å². The van der Waals surface area contributed by atoms with Crippen LogP contribution in [0.4, 0.5) is 13.2 Å². The lowest BCUT2D eigenvalue weighted by Crippen LogP contribution is -2.32. The van der Waals surface area contributed by atoms with E-state index in [0.717, 1.165) is 0 Å². The molecule has 1 aromatic carbocycles. The number of amides is 1. The van der Waals surface area contributed by atoms with E-state index in [1.54, 1.807) is 30.5 Å². The van der Waals surface area contributed by atoms with Gasteiger partial charge in [0.2, 0.25) is 11.6 Å². The second kappa shape index (κ2) is 9.19. The third-order valence-electron chi connectivity index (χ3n) is 5.56. The Bertz CT molecular complexity index is 1370. The summed E-state index contributed by atoms with van der Waals surface area (Å²) in [5, 5.41) is 7.02. The molecule has 184 valence electrons. The minimum atomic E-state index is -4.86. The molecule has 9 nitrogen and oxygen atoms in total. The third-order valence-corrected chi connectivity index (χ3v) is 5.56. The predicted octanol–water partition coefficient (Wildman–Crippen LogP) is 3.55. The van der Waals surface area contributed by atoms with Crippen LogP contribution in [0.5, 0.6) is 5.88 Å². The molecule has 1 amide bonds. The molecule has 4 heterocycles. The van der Waals surface area contributed by atoms with Gasteiger partial charge < -0.3 is 23.9 Å². The largest absolute Gasteiger partial charge is 0.481 e. The highest BCUT2D eigenvalue weighted by Crippen LogP contribution is 2.42. The van der Waals surface area contributed by atoms with E-state index in [0.29, 0.717) is 43.3 Å². The Hall–Kier alpha value is -3.64. The van der Waals surface area contributed by atoms with Crippen molar-refractivity contribution in [1.29, 1.82) is 0 Å². The van der Waals surface area contributed by atoms with E-state index in [4.69, 9.17) is 18.6 Å². The Morgan fingerprint density at radius 2 is 2.11 bits per heavy atom. The van der Waals surface area contributed by atoms with Crippen molar-refractivity contribution in [3.05, 3.63) is 53.5 Å². The summed E-state index contributed by atoms with van der Waals surface area (Å²) in [7, 11) is 1.44. The molecular weight excluding hydrogens is 469 g/mol. The smallest absolute Gasteiger partial charge is 0.421 e. The SMILES string of the molecule is COc1cccc(CNC(=O)c2oc3ccc4cn(C[C@H]5COCCO5)nc4c3c2C(F)(F)F)n1. The Kier molecular flexibility index (Phi) is 6.07. The van der Waals surface area contributed by atoms with Crippen molar-refractivity contribution in [2.75, 3.05) is 26.9 Å². The lowest BCUT2D eigenvalue weighted by Gasteiger charge is -2.22. The summed E-state index contributed by atoms with van der Waals surface area (Å²) in [6.45, 7) is 1.52. The highest BCUT2D eigenvalue weighted by Gasteiger charge is 2.42. The molecule has 1 atom stereocenters. The molecule has 1 aliphatic rings. The number of halogens is 3. The number of hydrogen-bond donors (Lipinski definition) is 1. The zero-order chi connectivity index (χ0) is 24.6. The molecule has 0 saturated carbocycles. The molecule has 1 saturated heterocycles. The Balaban J connectivity index is 1.50. The van der Waals surface area contributed by atoms with Gasteiger partial charge in [0.25, 0.3) is 5.91 Å². The van der Waals surface area contributed by atoms with Gasteiger partial charge in [0, 0.05) is 17.6 Å². The van der Waals surface area contributed by atoms with Crippen LogP contribution in [0.15, 0.2) is 40.9 Å². The van der Waals surface area contributed by atoms with E-state index in [1.807, 2.05) is 0 Å². The van der Waals surface area contributed by atoms with Gasteiger partial charge in [0.1, 0.15) is 22.8 Å². The van der Waals surface area contributed by atoms with Gasteiger partial charge in [-0.25, -0.2) is 4.98 Å². The highest BCUT2D eigenvalue weighted by atomic mass is 19.4. The molecule has 0 radical (unpaired) electrons. The predicted molar refractivity (Wildman–Crippen MR) is 117 cm³/mol. The van der Waals surface area contributed by atoms with Crippen molar-refractivity contribution in [3.8, 4) is 5.88 Å². The summed E-state index contributed by atoms with van der Waals surface area (Å²) in [6, 6.07) is 7.89. The lowest BCUT2D eigenvalue weighted by atomic mass is 10.1. The molecule has 1 fully saturated rings. The van der Waals surface area contributed by atoms with Crippen LogP contribution in [-0.4, -0.2) is 53.7 Å². The van der Waals surface area contributed by atoms with E-state index in [9.17, 15) is 18.0 Å². The molecule has 3 aromatic heterocycles. The minimum absolute atomic E-state index is 0.0861. The van der Waals surface area contributed by atoms with Gasteiger partial charge in [-0.3, -0.25) is 9.48 Å². The summed E-state index contributed by atoms with van der Waals surface area (Å²) in [5.74, 6) is -1.53. The minimum Gasteiger partial charge on any atom is -0.481 e. The van der Waals surface area contributed by atoms with Crippen molar-refractivity contribution in [2.24, 2.45) is 0 Å². The standard InChI is InChI=1S/C23H21F3N4O5/c1-32-17-4-2-3-14(28-17)9-27-22(31)21-19(23(24,25)26)18-16(35-21)6-5-13-10-30(29-20(13)18)11-15-12-33-7-8-34-15/h2-6,10,15H,7-9,11-12H2,1H3,(H,27,31)/t15-/m0/s1. The number of hydrogen-bond acceptors (Lipinski definition) is 7. The number of carbonyl (C=O) groups is 1. The summed E-state index contributed by atoms with van der Waals surface area (Å²) in [4.78, 5) is 16.9. The Morgan fingerprint density at radius 1 is 1.26 bits per heavy atom. The molecule has 1 aliphatic heterocycles. The summed E-state index contributed by atoms with van der Waals surface area (Å²) < 4.78 is 65.5. The fraction of sp³-hybridized carbons (Fsp3) is 0.348. The summed E-state index contributed by atoms with van der Waals surface area (Å²) >= 11 is 0. The zero-order valence-corrected chi connectivity index (χ0v) is 18.6. The first-order valence-corrected chi connectivity index (χ1v) is 10.8. The van der Waals surface area contributed by atoms with Crippen LogP contribution in [0, 0.1) is 0 Å². The van der Waals surface area contributed by atoms with E-state index < -0.39 is 23.4 Å². The van der Waals surface area contributed by atoms with E-state index >= 15 is 0 Å². The fourth-order valence-corrected chi connectivity index (χ4v) is 4.02. The topological polar surface area (TPSA) is 101 Å². The number of methoxy groups -OCH3 is 1. The molecule has 0 spiro atoms. The maximum Gasteiger partial charge on any atom is 0.421 e. The van der Waals surface area contributed by atoms with Gasteiger partial charge in [-0.2, -0.15) is 18.3 Å². The van der Waals surface area contributed by atoms with Crippen LogP contribution in [0.2, 0.25) is 0 Å². The molecule has 5 rings (SSSR count). The number of nitrogens with one attached hydrogen (secondary N) is 1. The van der Waals surface area contributed by atoms with Crippen molar-refractivity contribution >= 4 is 27.8 Å². The van der Waals surface area contributed by atoms with Crippen LogP contribution in [-0.2, 0) is 28.7 Å². The number of ether oxygens (including phenoxy) is 3. The van der Waals surface area contributed by atoms with Crippen molar-refractivity contribution in [3.63, 3.8) is 0 Å². The Morgan fingerprint density at radius 3 is 2.86 bits per heavy atom. The summed E-state index contributed by atoms with van der Waals surface area (Å²) in [6.07, 6.45) is -3.48. The number of nitrogens with zero attached hydrogens (tertiary/aromatic N) is 3. The second-order valence-electron chi connectivity index (χ2n) is 7.95. The van der Waals surface area contributed by atoms with Crippen molar-refractivity contribution in [1.82, 2.24) is 20.1 Å². The average molecular weight is 490 g/mol. The molecule has 0 unspecified atom stereocenters. The first kappa shape index (κ1) is 23.1. The number of carbonyl (C=O) groups excluding carboxylic acids is 1. The highest BCUT2D eigenvalue weighted by molar-refractivity contribution is 6.09. The molecule has 0 bridgehead atoms. The normalized spacial score (nSPS) is 16.6. The lowest BCUT2D eigenvalue weighted by molar-refractivity contribution is -0.137. The van der Waals surface area contributed by atoms with E-state index in [2.05, 4.69) is 15.4 Å². The maximum atomic E-state index is 14.2. The van der Waals surface area contributed by atoms with Crippen molar-refractivity contribution < 1.29 is 36.6 Å². The molecular formula is C23H21F3N4O5. The number of aromatic nitrogens is 3. The number of furan rings is 1. The number of benzene rings is 1. The number of alkyl halides is 3. The maximum absolute atomic E-state index is 14.2. The van der Waals surface area contributed by atoms with Crippen molar-refractivity contribution in [2.45, 2.75) is 25.4 Å².